The number of benzene rings is 1. The van der Waals surface area contributed by atoms with Gasteiger partial charge in [0.15, 0.2) is 9.84 Å². The number of nitrogens with zero attached hydrogens (tertiary/aromatic N) is 1. The van der Waals surface area contributed by atoms with Gasteiger partial charge in [-0.15, -0.1) is 0 Å². The number of thiophene rings is 1. The third-order valence-electron chi connectivity index (χ3n) is 3.60. The van der Waals surface area contributed by atoms with Crippen LogP contribution in [0.5, 0.6) is 0 Å². The molecule has 0 spiro atoms. The summed E-state index contributed by atoms with van der Waals surface area (Å²) in [5.74, 6) is -0.731. The van der Waals surface area contributed by atoms with Crippen LogP contribution in [0.4, 0.5) is 4.39 Å². The SMILES string of the molecule is Cc1ncccc1-c1cscc1-c1ccc(S(C)(=O)=O)c(F)c1. The number of aryl methyl sites for hydroxylation is 1. The van der Waals surface area contributed by atoms with Crippen LogP contribution in [0.3, 0.4) is 0 Å². The van der Waals surface area contributed by atoms with Crippen molar-refractivity contribution in [3.63, 3.8) is 0 Å². The van der Waals surface area contributed by atoms with Crippen molar-refractivity contribution in [3.05, 3.63) is 58.8 Å². The quantitative estimate of drug-likeness (QED) is 0.708. The first-order chi connectivity index (χ1) is 10.9. The molecule has 0 N–H and O–H groups in total. The number of sulfone groups is 1. The van der Waals surface area contributed by atoms with E-state index in [1.807, 2.05) is 29.8 Å². The number of hydrogen-bond donors (Lipinski definition) is 0. The first kappa shape index (κ1) is 15.8. The monoisotopic (exact) mass is 347 g/mol. The van der Waals surface area contributed by atoms with Gasteiger partial charge in [0, 0.05) is 34.8 Å². The maximum absolute atomic E-state index is 14.2. The first-order valence-electron chi connectivity index (χ1n) is 6.86. The van der Waals surface area contributed by atoms with E-state index in [1.54, 1.807) is 12.3 Å². The zero-order chi connectivity index (χ0) is 16.6. The van der Waals surface area contributed by atoms with Crippen LogP contribution in [-0.4, -0.2) is 19.7 Å². The molecule has 0 atom stereocenters. The molecule has 2 aromatic heterocycles. The molecule has 23 heavy (non-hydrogen) atoms. The Labute approximate surface area is 138 Å². The molecule has 118 valence electrons. The Morgan fingerprint density at radius 2 is 1.83 bits per heavy atom. The van der Waals surface area contributed by atoms with Gasteiger partial charge in [0.25, 0.3) is 0 Å². The summed E-state index contributed by atoms with van der Waals surface area (Å²) < 4.78 is 37.2. The number of hydrogen-bond acceptors (Lipinski definition) is 4. The molecule has 6 heteroatoms. The second-order valence-corrected chi connectivity index (χ2v) is 7.98. The fraction of sp³-hybridized carbons (Fsp3) is 0.118. The van der Waals surface area contributed by atoms with E-state index in [0.29, 0.717) is 5.56 Å². The van der Waals surface area contributed by atoms with E-state index >= 15 is 0 Å². The Morgan fingerprint density at radius 1 is 1.09 bits per heavy atom. The fourth-order valence-corrected chi connectivity index (χ4v) is 4.05. The molecule has 0 bridgehead atoms. The third-order valence-corrected chi connectivity index (χ3v) is 5.48. The largest absolute Gasteiger partial charge is 0.261 e. The van der Waals surface area contributed by atoms with Gasteiger partial charge in [-0.1, -0.05) is 12.1 Å². The lowest BCUT2D eigenvalue weighted by molar-refractivity contribution is 0.571. The van der Waals surface area contributed by atoms with Crippen molar-refractivity contribution in [2.45, 2.75) is 11.8 Å². The van der Waals surface area contributed by atoms with E-state index in [2.05, 4.69) is 4.98 Å². The molecule has 0 unspecified atom stereocenters. The second kappa shape index (κ2) is 5.86. The maximum atomic E-state index is 14.2. The average molecular weight is 347 g/mol. The summed E-state index contributed by atoms with van der Waals surface area (Å²) in [7, 11) is -3.57. The van der Waals surface area contributed by atoms with Crippen LogP contribution in [0.1, 0.15) is 5.69 Å². The second-order valence-electron chi connectivity index (χ2n) is 5.25. The molecule has 1 aromatic carbocycles. The minimum atomic E-state index is -3.57. The Hall–Kier alpha value is -2.05. The Morgan fingerprint density at radius 3 is 2.48 bits per heavy atom. The fourth-order valence-electron chi connectivity index (χ4n) is 2.47. The molecule has 3 nitrogen and oxygen atoms in total. The summed E-state index contributed by atoms with van der Waals surface area (Å²) in [6.07, 6.45) is 2.73. The minimum Gasteiger partial charge on any atom is -0.261 e. The highest BCUT2D eigenvalue weighted by molar-refractivity contribution is 7.90. The maximum Gasteiger partial charge on any atom is 0.178 e. The topological polar surface area (TPSA) is 47.0 Å². The number of pyridine rings is 1. The van der Waals surface area contributed by atoms with E-state index in [-0.39, 0.29) is 4.90 Å². The van der Waals surface area contributed by atoms with Gasteiger partial charge < -0.3 is 0 Å². The Bertz CT molecular complexity index is 978. The van der Waals surface area contributed by atoms with Gasteiger partial charge >= 0.3 is 0 Å². The van der Waals surface area contributed by atoms with Gasteiger partial charge in [-0.3, -0.25) is 4.98 Å². The highest BCUT2D eigenvalue weighted by atomic mass is 32.2. The normalized spacial score (nSPS) is 11.6. The third kappa shape index (κ3) is 3.04. The lowest BCUT2D eigenvalue weighted by atomic mass is 9.98. The lowest BCUT2D eigenvalue weighted by Crippen LogP contribution is -2.00. The predicted molar refractivity (Wildman–Crippen MR) is 90.8 cm³/mol. The molecule has 0 amide bonds. The smallest absolute Gasteiger partial charge is 0.178 e. The van der Waals surface area contributed by atoms with E-state index in [0.717, 1.165) is 28.6 Å². The van der Waals surface area contributed by atoms with Crippen molar-refractivity contribution >= 4 is 21.2 Å². The molecule has 0 aliphatic rings. The number of halogens is 1. The standard InChI is InChI=1S/C17H14FNO2S2/c1-11-13(4-3-7-19-11)15-10-22-9-14(15)12-5-6-17(16(18)8-12)23(2,20)21/h3-10H,1-2H3. The van der Waals surface area contributed by atoms with Crippen LogP contribution < -0.4 is 0 Å². The van der Waals surface area contributed by atoms with Crippen molar-refractivity contribution in [2.24, 2.45) is 0 Å². The molecule has 0 saturated heterocycles. The Balaban J connectivity index is 2.14. The summed E-state index contributed by atoms with van der Waals surface area (Å²) in [4.78, 5) is 4.00. The molecule has 0 radical (unpaired) electrons. The van der Waals surface area contributed by atoms with Crippen molar-refractivity contribution in [1.29, 1.82) is 0 Å². The molecule has 2 heterocycles. The molecule has 3 rings (SSSR count). The van der Waals surface area contributed by atoms with Gasteiger partial charge in [0.2, 0.25) is 0 Å². The molecule has 0 fully saturated rings. The number of rotatable bonds is 3. The zero-order valence-corrected chi connectivity index (χ0v) is 14.2. The molecule has 0 aliphatic carbocycles. The summed E-state index contributed by atoms with van der Waals surface area (Å²) in [6.45, 7) is 1.92. The lowest BCUT2D eigenvalue weighted by Gasteiger charge is -2.08. The van der Waals surface area contributed by atoms with Crippen molar-refractivity contribution in [2.75, 3.05) is 6.26 Å². The van der Waals surface area contributed by atoms with E-state index in [9.17, 15) is 12.8 Å². The first-order valence-corrected chi connectivity index (χ1v) is 9.69. The minimum absolute atomic E-state index is 0.282. The number of aromatic nitrogens is 1. The molecule has 0 aliphatic heterocycles. The van der Waals surface area contributed by atoms with E-state index < -0.39 is 15.7 Å². The van der Waals surface area contributed by atoms with Crippen molar-refractivity contribution in [3.8, 4) is 22.3 Å². The molecule has 3 aromatic rings. The summed E-state index contributed by atoms with van der Waals surface area (Å²) in [5, 5.41) is 3.92. The van der Waals surface area contributed by atoms with Gasteiger partial charge in [0.05, 0.1) is 0 Å². The van der Waals surface area contributed by atoms with Gasteiger partial charge in [0.1, 0.15) is 10.7 Å². The van der Waals surface area contributed by atoms with Crippen LogP contribution in [0.15, 0.2) is 52.2 Å². The summed E-state index contributed by atoms with van der Waals surface area (Å²) >= 11 is 1.51. The van der Waals surface area contributed by atoms with E-state index in [4.69, 9.17) is 0 Å². The van der Waals surface area contributed by atoms with Crippen LogP contribution in [-0.2, 0) is 9.84 Å². The highest BCUT2D eigenvalue weighted by Gasteiger charge is 2.17. The molecular formula is C17H14FNO2S2. The van der Waals surface area contributed by atoms with Gasteiger partial charge in [-0.2, -0.15) is 11.3 Å². The van der Waals surface area contributed by atoms with Crippen LogP contribution in [0, 0.1) is 12.7 Å². The van der Waals surface area contributed by atoms with E-state index in [1.165, 1.54) is 23.5 Å². The molecule has 0 saturated carbocycles. The molecular weight excluding hydrogens is 333 g/mol. The van der Waals surface area contributed by atoms with Gasteiger partial charge in [-0.25, -0.2) is 12.8 Å². The van der Waals surface area contributed by atoms with Crippen LogP contribution in [0.2, 0.25) is 0 Å². The van der Waals surface area contributed by atoms with Crippen LogP contribution >= 0.6 is 11.3 Å². The predicted octanol–water partition coefficient (Wildman–Crippen LogP) is 4.33. The average Bonchev–Trinajstić information content (AvgIpc) is 2.95. The van der Waals surface area contributed by atoms with Crippen molar-refractivity contribution in [1.82, 2.24) is 4.98 Å². The summed E-state index contributed by atoms with van der Waals surface area (Å²) in [5.41, 5.74) is 4.35. The van der Waals surface area contributed by atoms with Crippen LogP contribution in [0.25, 0.3) is 22.3 Å². The zero-order valence-electron chi connectivity index (χ0n) is 12.6. The summed E-state index contributed by atoms with van der Waals surface area (Å²) in [6, 6.07) is 8.05. The highest BCUT2D eigenvalue weighted by Crippen LogP contribution is 2.37. The van der Waals surface area contributed by atoms with Gasteiger partial charge in [-0.05, 0) is 41.4 Å². The Kier molecular flexibility index (Phi) is 4.04. The van der Waals surface area contributed by atoms with Crippen molar-refractivity contribution < 1.29 is 12.8 Å².